The van der Waals surface area contributed by atoms with Gasteiger partial charge >= 0.3 is 0 Å². The largest absolute Gasteiger partial charge is 0.391 e. The van der Waals surface area contributed by atoms with Crippen LogP contribution in [0.5, 0.6) is 0 Å². The number of piperidine rings is 1. The second-order valence-electron chi connectivity index (χ2n) is 5.61. The number of hydrogen-bond acceptors (Lipinski definition) is 3. The minimum atomic E-state index is -0.348. The van der Waals surface area contributed by atoms with Crippen molar-refractivity contribution < 1.29 is 5.11 Å². The van der Waals surface area contributed by atoms with E-state index in [2.05, 4.69) is 29.5 Å². The zero-order valence-corrected chi connectivity index (χ0v) is 12.0. The molecular weight excluding hydrogens is 250 g/mol. The predicted molar refractivity (Wildman–Crippen MR) is 80.8 cm³/mol. The highest BCUT2D eigenvalue weighted by Crippen LogP contribution is 2.21. The number of aliphatic hydroxyl groups is 1. The monoisotopic (exact) mass is 273 g/mol. The van der Waals surface area contributed by atoms with E-state index in [1.54, 1.807) is 0 Å². The van der Waals surface area contributed by atoms with Crippen molar-refractivity contribution in [2.24, 2.45) is 0 Å². The summed E-state index contributed by atoms with van der Waals surface area (Å²) in [6.07, 6.45) is 3.77. The molecule has 0 spiro atoms. The van der Waals surface area contributed by atoms with Gasteiger partial charge in [-0.15, -0.1) is 0 Å². The summed E-state index contributed by atoms with van der Waals surface area (Å²) in [4.78, 5) is 0. The van der Waals surface area contributed by atoms with E-state index in [1.165, 1.54) is 18.2 Å². The second-order valence-corrected chi connectivity index (χ2v) is 5.61. The number of hydrogen-bond donors (Lipinski definition) is 2. The van der Waals surface area contributed by atoms with Crippen molar-refractivity contribution in [1.82, 2.24) is 15.1 Å². The smallest absolute Gasteiger partial charge is 0.0749 e. The molecule has 4 heteroatoms. The molecule has 20 heavy (non-hydrogen) atoms. The van der Waals surface area contributed by atoms with E-state index in [4.69, 9.17) is 0 Å². The van der Waals surface area contributed by atoms with Gasteiger partial charge in [0.05, 0.1) is 17.3 Å². The van der Waals surface area contributed by atoms with Gasteiger partial charge in [0.25, 0.3) is 0 Å². The van der Waals surface area contributed by atoms with Gasteiger partial charge in [-0.3, -0.25) is 4.68 Å². The first-order valence-electron chi connectivity index (χ1n) is 7.65. The van der Waals surface area contributed by atoms with Crippen molar-refractivity contribution >= 4 is 10.9 Å². The number of aromatic nitrogens is 2. The van der Waals surface area contributed by atoms with Crippen LogP contribution in [0.25, 0.3) is 10.9 Å². The van der Waals surface area contributed by atoms with E-state index in [0.717, 1.165) is 30.7 Å². The van der Waals surface area contributed by atoms with Gasteiger partial charge in [0.2, 0.25) is 0 Å². The number of aryl methyl sites for hydroxylation is 1. The summed E-state index contributed by atoms with van der Waals surface area (Å²) in [5.74, 6) is 0. The zero-order valence-electron chi connectivity index (χ0n) is 12.0. The topological polar surface area (TPSA) is 50.1 Å². The third-order valence-corrected chi connectivity index (χ3v) is 4.25. The van der Waals surface area contributed by atoms with Crippen molar-refractivity contribution in [3.63, 3.8) is 0 Å². The van der Waals surface area contributed by atoms with Crippen LogP contribution in [0.3, 0.4) is 0 Å². The average Bonchev–Trinajstić information content (AvgIpc) is 2.86. The summed E-state index contributed by atoms with van der Waals surface area (Å²) < 4.78 is 2.02. The Morgan fingerprint density at radius 3 is 3.00 bits per heavy atom. The number of nitrogens with zero attached hydrogens (tertiary/aromatic N) is 2. The number of benzene rings is 1. The molecule has 2 atom stereocenters. The van der Waals surface area contributed by atoms with E-state index >= 15 is 0 Å². The molecule has 2 unspecified atom stereocenters. The van der Waals surface area contributed by atoms with Gasteiger partial charge in [0.15, 0.2) is 0 Å². The molecule has 2 heterocycles. The Bertz CT molecular complexity index is 572. The van der Waals surface area contributed by atoms with Gasteiger partial charge in [-0.05, 0) is 32.4 Å². The molecule has 1 aliphatic rings. The zero-order chi connectivity index (χ0) is 13.9. The molecule has 0 amide bonds. The number of para-hydroxylation sites is 1. The molecular formula is C16H23N3O. The average molecular weight is 273 g/mol. The Morgan fingerprint density at radius 1 is 1.40 bits per heavy atom. The van der Waals surface area contributed by atoms with Gasteiger partial charge in [-0.1, -0.05) is 24.6 Å². The van der Waals surface area contributed by atoms with Crippen LogP contribution in [0.15, 0.2) is 24.3 Å². The maximum atomic E-state index is 10.5. The van der Waals surface area contributed by atoms with Crippen LogP contribution in [0, 0.1) is 0 Å². The first kappa shape index (κ1) is 13.6. The van der Waals surface area contributed by atoms with E-state index in [-0.39, 0.29) is 12.1 Å². The first-order chi connectivity index (χ1) is 9.79. The van der Waals surface area contributed by atoms with Crippen LogP contribution in [0.1, 0.15) is 31.9 Å². The van der Waals surface area contributed by atoms with Crippen LogP contribution in [0.4, 0.5) is 0 Å². The van der Waals surface area contributed by atoms with Gasteiger partial charge < -0.3 is 10.4 Å². The van der Waals surface area contributed by atoms with Gasteiger partial charge in [0.1, 0.15) is 0 Å². The molecule has 1 fully saturated rings. The molecule has 0 saturated carbocycles. The first-order valence-corrected chi connectivity index (χ1v) is 7.65. The fraction of sp³-hybridized carbons (Fsp3) is 0.562. The Hall–Kier alpha value is -1.39. The lowest BCUT2D eigenvalue weighted by molar-refractivity contribution is 0.112. The van der Waals surface area contributed by atoms with E-state index < -0.39 is 0 Å². The summed E-state index contributed by atoms with van der Waals surface area (Å²) in [7, 11) is 0. The number of nitrogens with one attached hydrogen (secondary N) is 1. The summed E-state index contributed by atoms with van der Waals surface area (Å²) in [5.41, 5.74) is 2.18. The molecule has 1 aromatic carbocycles. The van der Waals surface area contributed by atoms with Crippen molar-refractivity contribution in [3.8, 4) is 0 Å². The molecule has 0 bridgehead atoms. The maximum absolute atomic E-state index is 10.5. The Labute approximate surface area is 119 Å². The van der Waals surface area contributed by atoms with Crippen LogP contribution < -0.4 is 5.32 Å². The van der Waals surface area contributed by atoms with Crippen molar-refractivity contribution in [3.05, 3.63) is 30.0 Å². The molecule has 108 valence electrons. The van der Waals surface area contributed by atoms with Crippen molar-refractivity contribution in [2.75, 3.05) is 6.54 Å². The molecule has 4 nitrogen and oxygen atoms in total. The van der Waals surface area contributed by atoms with Crippen LogP contribution in [-0.4, -0.2) is 33.6 Å². The third kappa shape index (κ3) is 2.58. The maximum Gasteiger partial charge on any atom is 0.0749 e. The van der Waals surface area contributed by atoms with Crippen molar-refractivity contribution in [1.29, 1.82) is 0 Å². The Morgan fingerprint density at radius 2 is 2.25 bits per heavy atom. The van der Waals surface area contributed by atoms with E-state index in [0.29, 0.717) is 6.42 Å². The molecule has 3 rings (SSSR count). The quantitative estimate of drug-likeness (QED) is 0.897. The molecule has 0 aliphatic carbocycles. The predicted octanol–water partition coefficient (Wildman–Crippen LogP) is 2.10. The SMILES string of the molecule is CCn1nc(CC(O)C2CCCCN2)c2ccccc21. The number of aliphatic hydroxyl groups excluding tert-OH is 1. The lowest BCUT2D eigenvalue weighted by Crippen LogP contribution is -2.44. The minimum Gasteiger partial charge on any atom is -0.391 e. The molecule has 1 aliphatic heterocycles. The standard InChI is InChI=1S/C16H23N3O/c1-2-19-15-9-4-3-7-12(15)14(18-19)11-16(20)13-8-5-6-10-17-13/h3-4,7,9,13,16-17,20H,2,5-6,8,10-11H2,1H3. The summed E-state index contributed by atoms with van der Waals surface area (Å²) in [6, 6.07) is 8.50. The van der Waals surface area contributed by atoms with E-state index in [1.807, 2.05) is 16.8 Å². The van der Waals surface area contributed by atoms with Crippen LogP contribution in [-0.2, 0) is 13.0 Å². The van der Waals surface area contributed by atoms with Gasteiger partial charge in [-0.2, -0.15) is 5.10 Å². The van der Waals surface area contributed by atoms with Gasteiger partial charge in [-0.25, -0.2) is 0 Å². The van der Waals surface area contributed by atoms with Crippen LogP contribution in [0.2, 0.25) is 0 Å². The summed E-state index contributed by atoms with van der Waals surface area (Å²) in [6.45, 7) is 3.98. The number of rotatable bonds is 4. The Balaban J connectivity index is 1.83. The van der Waals surface area contributed by atoms with E-state index in [9.17, 15) is 5.11 Å². The highest BCUT2D eigenvalue weighted by Gasteiger charge is 2.23. The normalized spacial score (nSPS) is 21.2. The lowest BCUT2D eigenvalue weighted by atomic mass is 9.96. The molecule has 1 aromatic heterocycles. The lowest BCUT2D eigenvalue weighted by Gasteiger charge is -2.27. The fourth-order valence-electron chi connectivity index (χ4n) is 3.14. The van der Waals surface area contributed by atoms with Crippen LogP contribution >= 0.6 is 0 Å². The van der Waals surface area contributed by atoms with Crippen molar-refractivity contribution in [2.45, 2.75) is 51.3 Å². The molecule has 2 N–H and O–H groups in total. The fourth-order valence-corrected chi connectivity index (χ4v) is 3.14. The third-order valence-electron chi connectivity index (χ3n) is 4.25. The number of fused-ring (bicyclic) bond motifs is 1. The second kappa shape index (κ2) is 5.94. The highest BCUT2D eigenvalue weighted by molar-refractivity contribution is 5.82. The minimum absolute atomic E-state index is 0.217. The molecule has 2 aromatic rings. The summed E-state index contributed by atoms with van der Waals surface area (Å²) >= 11 is 0. The Kier molecular flexibility index (Phi) is 4.03. The highest BCUT2D eigenvalue weighted by atomic mass is 16.3. The summed E-state index contributed by atoms with van der Waals surface area (Å²) in [5, 5.41) is 19.7. The molecule has 1 saturated heterocycles. The van der Waals surface area contributed by atoms with Gasteiger partial charge in [0, 0.05) is 24.4 Å². The molecule has 0 radical (unpaired) electrons.